The lowest BCUT2D eigenvalue weighted by Gasteiger charge is -2.34. The number of aromatic nitrogens is 1. The third-order valence-electron chi connectivity index (χ3n) is 4.43. The zero-order valence-electron chi connectivity index (χ0n) is 14.2. The standard InChI is InChI=1S/C17H24N4O2/c1-18-14-11-19-17(21-7-5-20(2)6-8-21)13-9-12(22-3)10-15(23-4)16(13)14/h9-11,18H,5-8H2,1-4H3. The van der Waals surface area contributed by atoms with Crippen molar-refractivity contribution >= 4 is 22.3 Å². The molecular weight excluding hydrogens is 292 g/mol. The van der Waals surface area contributed by atoms with Crippen LogP contribution in [0, 0.1) is 0 Å². The van der Waals surface area contributed by atoms with Gasteiger partial charge in [-0.05, 0) is 13.1 Å². The maximum Gasteiger partial charge on any atom is 0.136 e. The molecule has 6 nitrogen and oxygen atoms in total. The Morgan fingerprint density at radius 3 is 2.43 bits per heavy atom. The molecule has 0 unspecified atom stereocenters. The van der Waals surface area contributed by atoms with Crippen LogP contribution in [0.1, 0.15) is 0 Å². The highest BCUT2D eigenvalue weighted by atomic mass is 16.5. The van der Waals surface area contributed by atoms with Crippen LogP contribution >= 0.6 is 0 Å². The Hall–Kier alpha value is -2.21. The number of pyridine rings is 1. The van der Waals surface area contributed by atoms with Gasteiger partial charge >= 0.3 is 0 Å². The summed E-state index contributed by atoms with van der Waals surface area (Å²) in [5.41, 5.74) is 0.956. The molecule has 0 saturated carbocycles. The Labute approximate surface area is 137 Å². The zero-order valence-corrected chi connectivity index (χ0v) is 14.2. The molecule has 0 radical (unpaired) electrons. The quantitative estimate of drug-likeness (QED) is 0.931. The summed E-state index contributed by atoms with van der Waals surface area (Å²) in [7, 11) is 7.41. The predicted molar refractivity (Wildman–Crippen MR) is 94.1 cm³/mol. The zero-order chi connectivity index (χ0) is 16.4. The fourth-order valence-electron chi connectivity index (χ4n) is 3.04. The van der Waals surface area contributed by atoms with Crippen molar-refractivity contribution in [3.63, 3.8) is 0 Å². The van der Waals surface area contributed by atoms with Crippen molar-refractivity contribution in [1.29, 1.82) is 0 Å². The first kappa shape index (κ1) is 15.7. The van der Waals surface area contributed by atoms with Crippen molar-refractivity contribution in [3.8, 4) is 11.5 Å². The minimum absolute atomic E-state index is 0.778. The van der Waals surface area contributed by atoms with E-state index in [9.17, 15) is 0 Å². The van der Waals surface area contributed by atoms with E-state index in [-0.39, 0.29) is 0 Å². The molecule has 0 amide bonds. The second kappa shape index (κ2) is 6.50. The number of rotatable bonds is 4. The van der Waals surface area contributed by atoms with E-state index in [1.165, 1.54) is 0 Å². The van der Waals surface area contributed by atoms with E-state index in [4.69, 9.17) is 14.5 Å². The van der Waals surface area contributed by atoms with Crippen molar-refractivity contribution in [2.24, 2.45) is 0 Å². The van der Waals surface area contributed by atoms with Crippen molar-refractivity contribution in [2.45, 2.75) is 0 Å². The van der Waals surface area contributed by atoms with Gasteiger partial charge in [0.05, 0.1) is 31.5 Å². The van der Waals surface area contributed by atoms with Gasteiger partial charge in [-0.25, -0.2) is 4.98 Å². The van der Waals surface area contributed by atoms with E-state index in [0.29, 0.717) is 0 Å². The highest BCUT2D eigenvalue weighted by Crippen LogP contribution is 2.39. The fraction of sp³-hybridized carbons (Fsp3) is 0.471. The van der Waals surface area contributed by atoms with Crippen LogP contribution < -0.4 is 19.7 Å². The van der Waals surface area contributed by atoms with Crippen LogP contribution in [-0.2, 0) is 0 Å². The number of fused-ring (bicyclic) bond motifs is 1. The highest BCUT2D eigenvalue weighted by molar-refractivity contribution is 6.05. The molecule has 1 N–H and O–H groups in total. The highest BCUT2D eigenvalue weighted by Gasteiger charge is 2.20. The molecule has 6 heteroatoms. The van der Waals surface area contributed by atoms with Gasteiger partial charge in [0, 0.05) is 44.7 Å². The number of methoxy groups -OCH3 is 2. The van der Waals surface area contributed by atoms with Crippen LogP contribution in [0.2, 0.25) is 0 Å². The van der Waals surface area contributed by atoms with Gasteiger partial charge in [-0.1, -0.05) is 0 Å². The molecule has 0 spiro atoms. The SMILES string of the molecule is CNc1cnc(N2CCN(C)CC2)c2cc(OC)cc(OC)c12. The summed E-state index contributed by atoms with van der Waals surface area (Å²) >= 11 is 0. The number of piperazine rings is 1. The molecule has 1 fully saturated rings. The van der Waals surface area contributed by atoms with Gasteiger partial charge in [0.2, 0.25) is 0 Å². The third-order valence-corrected chi connectivity index (χ3v) is 4.43. The summed E-state index contributed by atoms with van der Waals surface area (Å²) in [6.45, 7) is 4.02. The topological polar surface area (TPSA) is 49.9 Å². The van der Waals surface area contributed by atoms with Gasteiger partial charge in [-0.3, -0.25) is 0 Å². The van der Waals surface area contributed by atoms with Gasteiger partial charge in [-0.2, -0.15) is 0 Å². The fourth-order valence-corrected chi connectivity index (χ4v) is 3.04. The maximum absolute atomic E-state index is 5.60. The summed E-state index contributed by atoms with van der Waals surface area (Å²) in [6, 6.07) is 3.95. The smallest absolute Gasteiger partial charge is 0.136 e. The van der Waals surface area contributed by atoms with E-state index in [0.717, 1.165) is 60.0 Å². The lowest BCUT2D eigenvalue weighted by atomic mass is 10.1. The van der Waals surface area contributed by atoms with Gasteiger partial charge < -0.3 is 24.6 Å². The van der Waals surface area contributed by atoms with Crippen molar-refractivity contribution in [3.05, 3.63) is 18.3 Å². The molecule has 1 aliphatic rings. The molecule has 2 aromatic rings. The summed E-state index contributed by atoms with van der Waals surface area (Å²) in [5.74, 6) is 2.56. The molecule has 3 rings (SSSR count). The molecule has 1 saturated heterocycles. The Morgan fingerprint density at radius 1 is 1.09 bits per heavy atom. The average Bonchev–Trinajstić information content (AvgIpc) is 2.60. The Bertz CT molecular complexity index is 697. The molecule has 1 aromatic heterocycles. The molecule has 0 aliphatic carbocycles. The normalized spacial score (nSPS) is 15.7. The number of anilines is 2. The van der Waals surface area contributed by atoms with Crippen LogP contribution in [0.25, 0.3) is 10.8 Å². The minimum Gasteiger partial charge on any atom is -0.497 e. The van der Waals surface area contributed by atoms with Crippen LogP contribution in [0.4, 0.5) is 11.5 Å². The second-order valence-electron chi connectivity index (χ2n) is 5.79. The number of hydrogen-bond acceptors (Lipinski definition) is 6. The number of ether oxygens (including phenoxy) is 2. The lowest BCUT2D eigenvalue weighted by Crippen LogP contribution is -2.44. The molecule has 0 bridgehead atoms. The number of hydrogen-bond donors (Lipinski definition) is 1. The molecule has 23 heavy (non-hydrogen) atoms. The lowest BCUT2D eigenvalue weighted by molar-refractivity contribution is 0.312. The number of benzene rings is 1. The van der Waals surface area contributed by atoms with E-state index in [1.807, 2.05) is 25.4 Å². The third kappa shape index (κ3) is 2.86. The van der Waals surface area contributed by atoms with Crippen molar-refractivity contribution < 1.29 is 9.47 Å². The van der Waals surface area contributed by atoms with E-state index in [2.05, 4.69) is 22.2 Å². The van der Waals surface area contributed by atoms with E-state index >= 15 is 0 Å². The Kier molecular flexibility index (Phi) is 4.43. The molecular formula is C17H24N4O2. The Morgan fingerprint density at radius 2 is 1.83 bits per heavy atom. The van der Waals surface area contributed by atoms with Gasteiger partial charge in [0.25, 0.3) is 0 Å². The van der Waals surface area contributed by atoms with Gasteiger partial charge in [-0.15, -0.1) is 0 Å². The number of nitrogens with zero attached hydrogens (tertiary/aromatic N) is 3. The number of likely N-dealkylation sites (N-methyl/N-ethyl adjacent to an activating group) is 1. The van der Waals surface area contributed by atoms with E-state index in [1.54, 1.807) is 14.2 Å². The monoisotopic (exact) mass is 316 g/mol. The molecule has 124 valence electrons. The summed E-state index contributed by atoms with van der Waals surface area (Å²) < 4.78 is 11.0. The van der Waals surface area contributed by atoms with Crippen molar-refractivity contribution in [1.82, 2.24) is 9.88 Å². The maximum atomic E-state index is 5.60. The van der Waals surface area contributed by atoms with Crippen LogP contribution in [0.15, 0.2) is 18.3 Å². The van der Waals surface area contributed by atoms with Crippen LogP contribution in [0.3, 0.4) is 0 Å². The molecule has 0 atom stereocenters. The predicted octanol–water partition coefficient (Wildman–Crippen LogP) is 2.05. The largest absolute Gasteiger partial charge is 0.497 e. The number of nitrogens with one attached hydrogen (secondary N) is 1. The Balaban J connectivity index is 2.18. The van der Waals surface area contributed by atoms with E-state index < -0.39 is 0 Å². The second-order valence-corrected chi connectivity index (χ2v) is 5.79. The summed E-state index contributed by atoms with van der Waals surface area (Å²) in [4.78, 5) is 9.38. The minimum atomic E-state index is 0.778. The molecule has 1 aromatic carbocycles. The van der Waals surface area contributed by atoms with Gasteiger partial charge in [0.1, 0.15) is 17.3 Å². The summed E-state index contributed by atoms with van der Waals surface area (Å²) in [6.07, 6.45) is 1.88. The van der Waals surface area contributed by atoms with Crippen LogP contribution in [-0.4, -0.2) is 64.4 Å². The molecule has 1 aliphatic heterocycles. The molecule has 2 heterocycles. The first-order valence-corrected chi connectivity index (χ1v) is 7.84. The van der Waals surface area contributed by atoms with Crippen molar-refractivity contribution in [2.75, 3.05) is 64.7 Å². The average molecular weight is 316 g/mol. The first-order valence-electron chi connectivity index (χ1n) is 7.84. The summed E-state index contributed by atoms with van der Waals surface area (Å²) in [5, 5.41) is 5.30. The van der Waals surface area contributed by atoms with Crippen LogP contribution in [0.5, 0.6) is 11.5 Å². The first-order chi connectivity index (χ1) is 11.2. The van der Waals surface area contributed by atoms with Gasteiger partial charge in [0.15, 0.2) is 0 Å².